The molecule has 0 fully saturated rings. The SMILES string of the molecule is CCOc1ccc(C(C)Nc2nc3c(cnn3-c3ccccc3)c(=O)[nH]2)cc1OC. The van der Waals surface area contributed by atoms with E-state index in [2.05, 4.69) is 20.4 Å². The molecule has 1 atom stereocenters. The normalized spacial score (nSPS) is 12.0. The summed E-state index contributed by atoms with van der Waals surface area (Å²) in [5.41, 5.74) is 2.04. The summed E-state index contributed by atoms with van der Waals surface area (Å²) in [7, 11) is 1.61. The lowest BCUT2D eigenvalue weighted by atomic mass is 10.1. The molecule has 1 unspecified atom stereocenters. The van der Waals surface area contributed by atoms with E-state index in [4.69, 9.17) is 9.47 Å². The van der Waals surface area contributed by atoms with Crippen LogP contribution in [0.4, 0.5) is 5.95 Å². The van der Waals surface area contributed by atoms with Gasteiger partial charge in [-0.2, -0.15) is 10.1 Å². The predicted molar refractivity (Wildman–Crippen MR) is 116 cm³/mol. The highest BCUT2D eigenvalue weighted by molar-refractivity contribution is 5.76. The maximum absolute atomic E-state index is 12.6. The van der Waals surface area contributed by atoms with E-state index < -0.39 is 0 Å². The predicted octanol–water partition coefficient (Wildman–Crippen LogP) is 3.69. The number of ether oxygens (including phenoxy) is 2. The molecular formula is C22H23N5O3. The lowest BCUT2D eigenvalue weighted by Crippen LogP contribution is -2.16. The van der Waals surface area contributed by atoms with Crippen LogP contribution in [0.5, 0.6) is 11.5 Å². The fourth-order valence-corrected chi connectivity index (χ4v) is 3.26. The van der Waals surface area contributed by atoms with E-state index in [-0.39, 0.29) is 11.6 Å². The molecule has 0 bridgehead atoms. The molecule has 0 aliphatic heterocycles. The quantitative estimate of drug-likeness (QED) is 0.487. The van der Waals surface area contributed by atoms with E-state index in [1.165, 1.54) is 6.20 Å². The van der Waals surface area contributed by atoms with E-state index in [0.717, 1.165) is 11.3 Å². The van der Waals surface area contributed by atoms with Crippen molar-refractivity contribution in [2.75, 3.05) is 19.0 Å². The van der Waals surface area contributed by atoms with Gasteiger partial charge in [-0.3, -0.25) is 9.78 Å². The number of hydrogen-bond donors (Lipinski definition) is 2. The van der Waals surface area contributed by atoms with Crippen molar-refractivity contribution >= 4 is 17.0 Å². The largest absolute Gasteiger partial charge is 0.493 e. The molecule has 0 saturated carbocycles. The van der Waals surface area contributed by atoms with E-state index in [9.17, 15) is 4.79 Å². The Hall–Kier alpha value is -3.81. The highest BCUT2D eigenvalue weighted by atomic mass is 16.5. The van der Waals surface area contributed by atoms with Gasteiger partial charge in [0.2, 0.25) is 5.95 Å². The van der Waals surface area contributed by atoms with Crippen molar-refractivity contribution in [2.45, 2.75) is 19.9 Å². The minimum atomic E-state index is -0.249. The molecule has 154 valence electrons. The summed E-state index contributed by atoms with van der Waals surface area (Å²) in [6.45, 7) is 4.47. The summed E-state index contributed by atoms with van der Waals surface area (Å²) in [6, 6.07) is 15.2. The molecule has 0 radical (unpaired) electrons. The van der Waals surface area contributed by atoms with E-state index in [0.29, 0.717) is 35.1 Å². The van der Waals surface area contributed by atoms with Crippen LogP contribution in [0.25, 0.3) is 16.7 Å². The van der Waals surface area contributed by atoms with Gasteiger partial charge in [-0.1, -0.05) is 24.3 Å². The molecular weight excluding hydrogens is 382 g/mol. The monoisotopic (exact) mass is 405 g/mol. The number of methoxy groups -OCH3 is 1. The van der Waals surface area contributed by atoms with Crippen LogP contribution >= 0.6 is 0 Å². The molecule has 0 aliphatic carbocycles. The average Bonchev–Trinajstić information content (AvgIpc) is 3.19. The molecule has 2 N–H and O–H groups in total. The zero-order chi connectivity index (χ0) is 21.1. The molecule has 0 spiro atoms. The van der Waals surface area contributed by atoms with Gasteiger partial charge in [0.25, 0.3) is 5.56 Å². The van der Waals surface area contributed by atoms with Gasteiger partial charge in [0.1, 0.15) is 5.39 Å². The zero-order valence-corrected chi connectivity index (χ0v) is 17.0. The van der Waals surface area contributed by atoms with Crippen molar-refractivity contribution in [1.82, 2.24) is 19.7 Å². The van der Waals surface area contributed by atoms with Crippen LogP contribution in [-0.2, 0) is 0 Å². The Morgan fingerprint density at radius 2 is 1.97 bits per heavy atom. The average molecular weight is 405 g/mol. The molecule has 4 aromatic rings. The minimum absolute atomic E-state index is 0.136. The second kappa shape index (κ2) is 8.28. The minimum Gasteiger partial charge on any atom is -0.493 e. The number of para-hydroxylation sites is 1. The first-order valence-corrected chi connectivity index (χ1v) is 9.71. The van der Waals surface area contributed by atoms with Crippen molar-refractivity contribution < 1.29 is 9.47 Å². The standard InChI is InChI=1S/C22H23N5O3/c1-4-30-18-11-10-15(12-19(18)29-3)14(2)24-22-25-20-17(21(28)26-22)13-23-27(20)16-8-6-5-7-9-16/h5-14H,4H2,1-3H3,(H2,24,25,26,28). The van der Waals surface area contributed by atoms with Gasteiger partial charge in [0.05, 0.1) is 31.6 Å². The third-order valence-electron chi connectivity index (χ3n) is 4.78. The topological polar surface area (TPSA) is 94.1 Å². The van der Waals surface area contributed by atoms with Gasteiger partial charge in [-0.15, -0.1) is 0 Å². The molecule has 30 heavy (non-hydrogen) atoms. The van der Waals surface area contributed by atoms with Crippen LogP contribution in [0.3, 0.4) is 0 Å². The highest BCUT2D eigenvalue weighted by Crippen LogP contribution is 2.31. The molecule has 2 aromatic heterocycles. The zero-order valence-electron chi connectivity index (χ0n) is 17.0. The molecule has 0 saturated heterocycles. The van der Waals surface area contributed by atoms with Crippen molar-refractivity contribution in [3.05, 3.63) is 70.6 Å². The van der Waals surface area contributed by atoms with Crippen LogP contribution < -0.4 is 20.3 Å². The second-order valence-electron chi connectivity index (χ2n) is 6.75. The Labute approximate surface area is 173 Å². The van der Waals surface area contributed by atoms with Crippen molar-refractivity contribution in [2.24, 2.45) is 0 Å². The Balaban J connectivity index is 1.66. The molecule has 2 heterocycles. The maximum Gasteiger partial charge on any atom is 0.263 e. The van der Waals surface area contributed by atoms with Crippen LogP contribution in [0.2, 0.25) is 0 Å². The highest BCUT2D eigenvalue weighted by Gasteiger charge is 2.15. The van der Waals surface area contributed by atoms with Gasteiger partial charge < -0.3 is 14.8 Å². The van der Waals surface area contributed by atoms with E-state index in [1.54, 1.807) is 11.8 Å². The Morgan fingerprint density at radius 1 is 1.17 bits per heavy atom. The van der Waals surface area contributed by atoms with Crippen molar-refractivity contribution in [3.63, 3.8) is 0 Å². The number of aromatic amines is 1. The van der Waals surface area contributed by atoms with Crippen LogP contribution in [0.1, 0.15) is 25.5 Å². The number of fused-ring (bicyclic) bond motifs is 1. The Kier molecular flexibility index (Phi) is 5.38. The summed E-state index contributed by atoms with van der Waals surface area (Å²) >= 11 is 0. The number of nitrogens with one attached hydrogen (secondary N) is 2. The summed E-state index contributed by atoms with van der Waals surface area (Å²) in [6.07, 6.45) is 1.53. The first kappa shape index (κ1) is 19.5. The van der Waals surface area contributed by atoms with Crippen LogP contribution in [0.15, 0.2) is 59.5 Å². The van der Waals surface area contributed by atoms with E-state index >= 15 is 0 Å². The third-order valence-corrected chi connectivity index (χ3v) is 4.78. The second-order valence-corrected chi connectivity index (χ2v) is 6.75. The fraction of sp³-hybridized carbons (Fsp3) is 0.227. The maximum atomic E-state index is 12.6. The lowest BCUT2D eigenvalue weighted by Gasteiger charge is -2.17. The molecule has 8 heteroatoms. The number of benzene rings is 2. The van der Waals surface area contributed by atoms with Gasteiger partial charge in [0.15, 0.2) is 17.1 Å². The number of hydrogen-bond acceptors (Lipinski definition) is 6. The number of rotatable bonds is 7. The summed E-state index contributed by atoms with van der Waals surface area (Å²) in [5, 5.41) is 8.02. The number of nitrogens with zero attached hydrogens (tertiary/aromatic N) is 3. The van der Waals surface area contributed by atoms with Crippen molar-refractivity contribution in [3.8, 4) is 17.2 Å². The summed E-state index contributed by atoms with van der Waals surface area (Å²) < 4.78 is 12.7. The summed E-state index contributed by atoms with van der Waals surface area (Å²) in [4.78, 5) is 19.9. The first-order chi connectivity index (χ1) is 14.6. The number of anilines is 1. The lowest BCUT2D eigenvalue weighted by molar-refractivity contribution is 0.310. The van der Waals surface area contributed by atoms with Crippen LogP contribution in [0, 0.1) is 0 Å². The fourth-order valence-electron chi connectivity index (χ4n) is 3.26. The molecule has 2 aromatic carbocycles. The molecule has 0 amide bonds. The van der Waals surface area contributed by atoms with Gasteiger partial charge in [0, 0.05) is 0 Å². The molecule has 8 nitrogen and oxygen atoms in total. The van der Waals surface area contributed by atoms with Gasteiger partial charge >= 0.3 is 0 Å². The Morgan fingerprint density at radius 3 is 2.70 bits per heavy atom. The third kappa shape index (κ3) is 3.71. The number of H-pyrrole nitrogens is 1. The van der Waals surface area contributed by atoms with Gasteiger partial charge in [-0.05, 0) is 43.7 Å². The van der Waals surface area contributed by atoms with Crippen LogP contribution in [-0.4, -0.2) is 33.5 Å². The molecule has 0 aliphatic rings. The summed E-state index contributed by atoms with van der Waals surface area (Å²) in [5.74, 6) is 1.71. The van der Waals surface area contributed by atoms with E-state index in [1.807, 2.05) is 62.4 Å². The smallest absolute Gasteiger partial charge is 0.263 e. The molecule has 4 rings (SSSR count). The Bertz CT molecular complexity index is 1220. The number of aromatic nitrogens is 4. The van der Waals surface area contributed by atoms with Crippen molar-refractivity contribution in [1.29, 1.82) is 0 Å². The first-order valence-electron chi connectivity index (χ1n) is 9.71. The van der Waals surface area contributed by atoms with Gasteiger partial charge in [-0.25, -0.2) is 4.68 Å².